The van der Waals surface area contributed by atoms with Crippen LogP contribution in [-0.4, -0.2) is 14.8 Å². The summed E-state index contributed by atoms with van der Waals surface area (Å²) in [6.45, 7) is 4.96. The highest BCUT2D eigenvalue weighted by Crippen LogP contribution is 2.29. The summed E-state index contributed by atoms with van der Waals surface area (Å²) in [6.07, 6.45) is 1.63. The molecular formula is C12H13BrFN3. The van der Waals surface area contributed by atoms with Gasteiger partial charge in [0, 0.05) is 11.0 Å². The van der Waals surface area contributed by atoms with Crippen LogP contribution in [0.5, 0.6) is 0 Å². The first-order chi connectivity index (χ1) is 8.09. The third-order valence-corrected chi connectivity index (χ3v) is 3.02. The number of nitrogens with zero attached hydrogens (tertiary/aromatic N) is 3. The van der Waals surface area contributed by atoms with Crippen LogP contribution in [0, 0.1) is 11.7 Å². The highest BCUT2D eigenvalue weighted by Gasteiger charge is 2.15. The number of benzene rings is 1. The molecule has 90 valence electrons. The van der Waals surface area contributed by atoms with Crippen molar-refractivity contribution in [3.05, 3.63) is 34.8 Å². The number of hydrogen-bond acceptors (Lipinski definition) is 2. The third-order valence-electron chi connectivity index (χ3n) is 2.36. The first-order valence-corrected chi connectivity index (χ1v) is 6.21. The Morgan fingerprint density at radius 3 is 2.82 bits per heavy atom. The molecule has 2 aromatic rings. The summed E-state index contributed by atoms with van der Waals surface area (Å²) < 4.78 is 16.4. The standard InChI is InChI=1S/C12H13BrFN3/c1-8(2)6-17-7-15-16-12(17)11-9(13)4-3-5-10(11)14/h3-5,7-8H,6H2,1-2H3. The van der Waals surface area contributed by atoms with E-state index in [-0.39, 0.29) is 5.82 Å². The van der Waals surface area contributed by atoms with Crippen molar-refractivity contribution >= 4 is 15.9 Å². The summed E-state index contributed by atoms with van der Waals surface area (Å²) in [6, 6.07) is 4.88. The molecule has 0 saturated carbocycles. The van der Waals surface area contributed by atoms with Gasteiger partial charge in [0.2, 0.25) is 0 Å². The van der Waals surface area contributed by atoms with E-state index in [4.69, 9.17) is 0 Å². The molecule has 2 rings (SSSR count). The molecular weight excluding hydrogens is 285 g/mol. The fourth-order valence-electron chi connectivity index (χ4n) is 1.69. The molecule has 0 bridgehead atoms. The number of aromatic nitrogens is 3. The number of halogens is 2. The van der Waals surface area contributed by atoms with E-state index in [0.29, 0.717) is 21.8 Å². The minimum Gasteiger partial charge on any atom is -0.313 e. The minimum atomic E-state index is -0.294. The fourth-order valence-corrected chi connectivity index (χ4v) is 2.21. The molecule has 0 aliphatic rings. The molecule has 0 atom stereocenters. The topological polar surface area (TPSA) is 30.7 Å². The second-order valence-corrected chi connectivity index (χ2v) is 5.15. The zero-order valence-electron chi connectivity index (χ0n) is 9.69. The van der Waals surface area contributed by atoms with Gasteiger partial charge in [0.05, 0.1) is 5.56 Å². The Labute approximate surface area is 108 Å². The van der Waals surface area contributed by atoms with Gasteiger partial charge in [0.25, 0.3) is 0 Å². The summed E-state index contributed by atoms with van der Waals surface area (Å²) in [7, 11) is 0. The molecule has 0 unspecified atom stereocenters. The van der Waals surface area contributed by atoms with Crippen LogP contribution in [0.15, 0.2) is 29.0 Å². The first-order valence-electron chi connectivity index (χ1n) is 5.41. The van der Waals surface area contributed by atoms with Crippen molar-refractivity contribution in [2.75, 3.05) is 0 Å². The van der Waals surface area contributed by atoms with Crippen molar-refractivity contribution in [2.24, 2.45) is 5.92 Å². The highest BCUT2D eigenvalue weighted by molar-refractivity contribution is 9.10. The Morgan fingerprint density at radius 2 is 2.18 bits per heavy atom. The molecule has 0 spiro atoms. The van der Waals surface area contributed by atoms with E-state index in [1.165, 1.54) is 6.07 Å². The quantitative estimate of drug-likeness (QED) is 0.868. The number of rotatable bonds is 3. The molecule has 17 heavy (non-hydrogen) atoms. The van der Waals surface area contributed by atoms with Crippen LogP contribution in [0.25, 0.3) is 11.4 Å². The molecule has 0 saturated heterocycles. The van der Waals surface area contributed by atoms with Gasteiger partial charge in [0.1, 0.15) is 12.1 Å². The lowest BCUT2D eigenvalue weighted by Gasteiger charge is -2.10. The average molecular weight is 298 g/mol. The van der Waals surface area contributed by atoms with Crippen LogP contribution in [0.2, 0.25) is 0 Å². The van der Waals surface area contributed by atoms with Crippen LogP contribution in [0.4, 0.5) is 4.39 Å². The zero-order chi connectivity index (χ0) is 12.4. The lowest BCUT2D eigenvalue weighted by molar-refractivity contribution is 0.523. The van der Waals surface area contributed by atoms with Crippen LogP contribution in [0.1, 0.15) is 13.8 Å². The van der Waals surface area contributed by atoms with Crippen molar-refractivity contribution in [2.45, 2.75) is 20.4 Å². The molecule has 3 nitrogen and oxygen atoms in total. The lowest BCUT2D eigenvalue weighted by Crippen LogP contribution is -2.06. The predicted octanol–water partition coefficient (Wildman–Crippen LogP) is 3.50. The van der Waals surface area contributed by atoms with Gasteiger partial charge < -0.3 is 4.57 Å². The maximum absolute atomic E-state index is 13.8. The second-order valence-electron chi connectivity index (χ2n) is 4.30. The Kier molecular flexibility index (Phi) is 3.57. The van der Waals surface area contributed by atoms with Crippen molar-refractivity contribution < 1.29 is 4.39 Å². The van der Waals surface area contributed by atoms with Gasteiger partial charge in [-0.25, -0.2) is 4.39 Å². The lowest BCUT2D eigenvalue weighted by atomic mass is 10.2. The minimum absolute atomic E-state index is 0.294. The van der Waals surface area contributed by atoms with Crippen LogP contribution >= 0.6 is 15.9 Å². The molecule has 0 fully saturated rings. The molecule has 5 heteroatoms. The molecule has 0 amide bonds. The molecule has 1 heterocycles. The summed E-state index contributed by atoms with van der Waals surface area (Å²) in [5.74, 6) is 0.719. The van der Waals surface area contributed by atoms with Gasteiger partial charge in [-0.2, -0.15) is 0 Å². The Morgan fingerprint density at radius 1 is 1.41 bits per heavy atom. The van der Waals surface area contributed by atoms with E-state index in [0.717, 1.165) is 6.54 Å². The van der Waals surface area contributed by atoms with Crippen LogP contribution in [0.3, 0.4) is 0 Å². The summed E-state index contributed by atoms with van der Waals surface area (Å²) in [5, 5.41) is 7.86. The molecule has 0 aliphatic heterocycles. The second kappa shape index (κ2) is 4.96. The molecule has 1 aromatic carbocycles. The fraction of sp³-hybridized carbons (Fsp3) is 0.333. The van der Waals surface area contributed by atoms with Crippen molar-refractivity contribution in [3.8, 4) is 11.4 Å². The van der Waals surface area contributed by atoms with E-state index in [1.54, 1.807) is 18.5 Å². The van der Waals surface area contributed by atoms with Gasteiger partial charge >= 0.3 is 0 Å². The van der Waals surface area contributed by atoms with Gasteiger partial charge in [0.15, 0.2) is 5.82 Å². The highest BCUT2D eigenvalue weighted by atomic mass is 79.9. The van der Waals surface area contributed by atoms with Crippen molar-refractivity contribution in [1.29, 1.82) is 0 Å². The molecule has 1 aromatic heterocycles. The van der Waals surface area contributed by atoms with Gasteiger partial charge in [-0.05, 0) is 34.0 Å². The van der Waals surface area contributed by atoms with E-state index in [9.17, 15) is 4.39 Å². The zero-order valence-corrected chi connectivity index (χ0v) is 11.3. The Hall–Kier alpha value is -1.23. The van der Waals surface area contributed by atoms with E-state index in [2.05, 4.69) is 40.0 Å². The molecule has 0 N–H and O–H groups in total. The third kappa shape index (κ3) is 2.54. The first kappa shape index (κ1) is 12.2. The van der Waals surface area contributed by atoms with E-state index in [1.807, 2.05) is 4.57 Å². The number of hydrogen-bond donors (Lipinski definition) is 0. The Balaban J connectivity index is 2.50. The SMILES string of the molecule is CC(C)Cn1cnnc1-c1c(F)cccc1Br. The smallest absolute Gasteiger partial charge is 0.167 e. The van der Waals surface area contributed by atoms with E-state index >= 15 is 0 Å². The Bertz CT molecular complexity index is 502. The molecule has 0 radical (unpaired) electrons. The van der Waals surface area contributed by atoms with Crippen LogP contribution in [-0.2, 0) is 6.54 Å². The normalized spacial score (nSPS) is 11.1. The summed E-state index contributed by atoms with van der Waals surface area (Å²) in [5.41, 5.74) is 0.464. The molecule has 0 aliphatic carbocycles. The van der Waals surface area contributed by atoms with Crippen molar-refractivity contribution in [1.82, 2.24) is 14.8 Å². The largest absolute Gasteiger partial charge is 0.313 e. The van der Waals surface area contributed by atoms with Gasteiger partial charge in [-0.3, -0.25) is 0 Å². The maximum Gasteiger partial charge on any atom is 0.167 e. The maximum atomic E-state index is 13.8. The summed E-state index contributed by atoms with van der Waals surface area (Å²) in [4.78, 5) is 0. The van der Waals surface area contributed by atoms with Crippen molar-refractivity contribution in [3.63, 3.8) is 0 Å². The summed E-state index contributed by atoms with van der Waals surface area (Å²) >= 11 is 3.35. The van der Waals surface area contributed by atoms with Gasteiger partial charge in [-0.1, -0.05) is 19.9 Å². The van der Waals surface area contributed by atoms with Crippen LogP contribution < -0.4 is 0 Å². The average Bonchev–Trinajstić information content (AvgIpc) is 2.65. The van der Waals surface area contributed by atoms with E-state index < -0.39 is 0 Å². The predicted molar refractivity (Wildman–Crippen MR) is 68.0 cm³/mol. The van der Waals surface area contributed by atoms with Gasteiger partial charge in [-0.15, -0.1) is 10.2 Å². The monoisotopic (exact) mass is 297 g/mol.